The van der Waals surface area contributed by atoms with Crippen LogP contribution in [-0.4, -0.2) is 22.9 Å². The van der Waals surface area contributed by atoms with Crippen LogP contribution in [-0.2, 0) is 11.3 Å². The van der Waals surface area contributed by atoms with E-state index in [9.17, 15) is 4.79 Å². The number of fused-ring (bicyclic) bond motifs is 3. The molecule has 2 aromatic carbocycles. The highest BCUT2D eigenvalue weighted by atomic mass is 35.5. The fourth-order valence-corrected chi connectivity index (χ4v) is 3.85. The highest BCUT2D eigenvalue weighted by molar-refractivity contribution is 6.30. The fraction of sp³-hybridized carbons (Fsp3) is 0.217. The lowest BCUT2D eigenvalue weighted by Gasteiger charge is -2.11. The Balaban J connectivity index is 1.73. The fourth-order valence-electron chi connectivity index (χ4n) is 3.72. The second kappa shape index (κ2) is 7.17. The Morgan fingerprint density at radius 3 is 2.66 bits per heavy atom. The number of rotatable bonds is 6. The van der Waals surface area contributed by atoms with Crippen molar-refractivity contribution < 1.29 is 14.3 Å². The number of aromatic amines is 1. The molecule has 6 heteroatoms. The van der Waals surface area contributed by atoms with Gasteiger partial charge >= 0.3 is 0 Å². The maximum atomic E-state index is 12.8. The van der Waals surface area contributed by atoms with Gasteiger partial charge in [-0.3, -0.25) is 9.78 Å². The van der Waals surface area contributed by atoms with Crippen LogP contribution in [0.25, 0.3) is 21.8 Å². The van der Waals surface area contributed by atoms with E-state index in [0.29, 0.717) is 28.8 Å². The molecule has 146 valence electrons. The average Bonchev–Trinajstić information content (AvgIpc) is 3.50. The van der Waals surface area contributed by atoms with Gasteiger partial charge in [-0.15, -0.1) is 0 Å². The number of carbonyl (C=O) groups excluding carboxylic acids is 1. The van der Waals surface area contributed by atoms with Crippen molar-refractivity contribution in [3.8, 4) is 11.5 Å². The van der Waals surface area contributed by atoms with Crippen molar-refractivity contribution in [2.24, 2.45) is 5.92 Å². The highest BCUT2D eigenvalue weighted by Crippen LogP contribution is 2.40. The van der Waals surface area contributed by atoms with E-state index in [0.717, 1.165) is 40.2 Å². The molecule has 0 spiro atoms. The third-order valence-electron chi connectivity index (χ3n) is 5.24. The quantitative estimate of drug-likeness (QED) is 0.405. The number of hydrogen-bond acceptors (Lipinski definition) is 4. The molecule has 2 aromatic heterocycles. The molecule has 1 fully saturated rings. The predicted octanol–water partition coefficient (Wildman–Crippen LogP) is 5.90. The van der Waals surface area contributed by atoms with Crippen LogP contribution in [0.2, 0.25) is 5.02 Å². The van der Waals surface area contributed by atoms with E-state index in [1.54, 1.807) is 25.4 Å². The normalized spacial score (nSPS) is 13.9. The molecule has 0 bridgehead atoms. The number of aromatic nitrogens is 2. The van der Waals surface area contributed by atoms with Crippen molar-refractivity contribution >= 4 is 39.2 Å². The Labute approximate surface area is 172 Å². The Morgan fingerprint density at radius 1 is 1.14 bits per heavy atom. The maximum Gasteiger partial charge on any atom is 0.184 e. The van der Waals surface area contributed by atoms with E-state index in [1.165, 1.54) is 0 Å². The zero-order valence-electron chi connectivity index (χ0n) is 15.9. The summed E-state index contributed by atoms with van der Waals surface area (Å²) >= 11 is 5.99. The van der Waals surface area contributed by atoms with Gasteiger partial charge in [-0.1, -0.05) is 17.7 Å². The van der Waals surface area contributed by atoms with Gasteiger partial charge in [0.25, 0.3) is 0 Å². The molecule has 29 heavy (non-hydrogen) atoms. The number of ether oxygens (including phenoxy) is 2. The molecule has 1 saturated carbocycles. The minimum absolute atomic E-state index is 0.0885. The van der Waals surface area contributed by atoms with E-state index in [2.05, 4.69) is 9.97 Å². The smallest absolute Gasteiger partial charge is 0.184 e. The first-order chi connectivity index (χ1) is 14.2. The van der Waals surface area contributed by atoms with Crippen LogP contribution >= 0.6 is 11.6 Å². The second-order valence-corrected chi connectivity index (χ2v) is 7.74. The number of Topliss-reactive ketones (excluding diaryl/α,β-unsaturated/α-hetero) is 1. The molecule has 0 unspecified atom stereocenters. The van der Waals surface area contributed by atoms with Crippen molar-refractivity contribution in [1.82, 2.24) is 9.97 Å². The standard InChI is InChI=1S/C23H19ClN2O3/c1-28-12-16-20-18(11-25-22(16)23(27)13-5-6-13)26-17-3-2-4-19(21(17)20)29-15-9-7-14(24)8-10-15/h2-4,7-11,13,26H,5-6,12H2,1H3. The predicted molar refractivity (Wildman–Crippen MR) is 113 cm³/mol. The number of halogens is 1. The molecule has 1 aliphatic carbocycles. The molecule has 5 nitrogen and oxygen atoms in total. The van der Waals surface area contributed by atoms with Crippen LogP contribution in [0.4, 0.5) is 0 Å². The molecule has 5 rings (SSSR count). The summed E-state index contributed by atoms with van der Waals surface area (Å²) in [6.45, 7) is 0.306. The summed E-state index contributed by atoms with van der Waals surface area (Å²) in [6.07, 6.45) is 3.60. The van der Waals surface area contributed by atoms with Gasteiger partial charge in [-0.25, -0.2) is 0 Å². The summed E-state index contributed by atoms with van der Waals surface area (Å²) in [4.78, 5) is 20.7. The monoisotopic (exact) mass is 406 g/mol. The molecule has 0 saturated heterocycles. The van der Waals surface area contributed by atoms with Crippen LogP contribution in [0.3, 0.4) is 0 Å². The first-order valence-corrected chi connectivity index (χ1v) is 9.92. The Kier molecular flexibility index (Phi) is 4.49. The average molecular weight is 407 g/mol. The highest BCUT2D eigenvalue weighted by Gasteiger charge is 2.33. The van der Waals surface area contributed by atoms with Crippen LogP contribution in [0.15, 0.2) is 48.7 Å². The van der Waals surface area contributed by atoms with Crippen LogP contribution in [0.5, 0.6) is 11.5 Å². The van der Waals surface area contributed by atoms with Crippen molar-refractivity contribution in [3.05, 3.63) is 64.9 Å². The van der Waals surface area contributed by atoms with Gasteiger partial charge < -0.3 is 14.5 Å². The molecule has 0 atom stereocenters. The van der Waals surface area contributed by atoms with Gasteiger partial charge in [0.2, 0.25) is 0 Å². The van der Waals surface area contributed by atoms with Gasteiger partial charge in [0.05, 0.1) is 29.2 Å². The summed E-state index contributed by atoms with van der Waals surface area (Å²) in [5.41, 5.74) is 3.08. The number of methoxy groups -OCH3 is 1. The summed E-state index contributed by atoms with van der Waals surface area (Å²) in [6, 6.07) is 13.1. The van der Waals surface area contributed by atoms with Crippen molar-refractivity contribution in [1.29, 1.82) is 0 Å². The number of pyridine rings is 1. The zero-order chi connectivity index (χ0) is 20.0. The van der Waals surface area contributed by atoms with Gasteiger partial charge in [0, 0.05) is 29.0 Å². The molecule has 2 heterocycles. The Bertz CT molecular complexity index is 1230. The Morgan fingerprint density at radius 2 is 1.93 bits per heavy atom. The van der Waals surface area contributed by atoms with Gasteiger partial charge in [-0.05, 0) is 49.2 Å². The summed E-state index contributed by atoms with van der Waals surface area (Å²) in [7, 11) is 1.63. The minimum Gasteiger partial charge on any atom is -0.457 e. The first kappa shape index (κ1) is 18.2. The van der Waals surface area contributed by atoms with Crippen LogP contribution in [0, 0.1) is 5.92 Å². The Hall–Kier alpha value is -2.89. The number of benzene rings is 2. The second-order valence-electron chi connectivity index (χ2n) is 7.31. The van der Waals surface area contributed by atoms with Gasteiger partial charge in [-0.2, -0.15) is 0 Å². The summed E-state index contributed by atoms with van der Waals surface area (Å²) < 4.78 is 11.6. The molecular formula is C23H19ClN2O3. The van der Waals surface area contributed by atoms with Crippen LogP contribution < -0.4 is 4.74 Å². The SMILES string of the molecule is COCc1c(C(=O)C2CC2)ncc2[nH]c3cccc(Oc4ccc(Cl)cc4)c3c12. The van der Waals surface area contributed by atoms with Crippen molar-refractivity contribution in [3.63, 3.8) is 0 Å². The maximum absolute atomic E-state index is 12.8. The molecule has 4 aromatic rings. The van der Waals surface area contributed by atoms with Gasteiger partial charge in [0.15, 0.2) is 5.78 Å². The van der Waals surface area contributed by atoms with E-state index >= 15 is 0 Å². The number of ketones is 1. The van der Waals surface area contributed by atoms with E-state index < -0.39 is 0 Å². The third-order valence-corrected chi connectivity index (χ3v) is 5.49. The first-order valence-electron chi connectivity index (χ1n) is 9.54. The molecule has 1 N–H and O–H groups in total. The van der Waals surface area contributed by atoms with Gasteiger partial charge in [0.1, 0.15) is 17.2 Å². The number of nitrogens with one attached hydrogen (secondary N) is 1. The zero-order valence-corrected chi connectivity index (χ0v) is 16.6. The summed E-state index contributed by atoms with van der Waals surface area (Å²) in [5.74, 6) is 1.58. The number of carbonyl (C=O) groups is 1. The third kappa shape index (κ3) is 3.26. The molecule has 0 radical (unpaired) electrons. The molecule has 0 amide bonds. The number of H-pyrrole nitrogens is 1. The lowest BCUT2D eigenvalue weighted by molar-refractivity contribution is 0.0958. The van der Waals surface area contributed by atoms with E-state index in [-0.39, 0.29) is 11.7 Å². The minimum atomic E-state index is 0.0885. The van der Waals surface area contributed by atoms with E-state index in [4.69, 9.17) is 21.1 Å². The number of nitrogens with zero attached hydrogens (tertiary/aromatic N) is 1. The summed E-state index contributed by atoms with van der Waals surface area (Å²) in [5, 5.41) is 2.49. The topological polar surface area (TPSA) is 64.2 Å². The lowest BCUT2D eigenvalue weighted by Crippen LogP contribution is -2.09. The number of hydrogen-bond donors (Lipinski definition) is 1. The molecule has 0 aliphatic heterocycles. The van der Waals surface area contributed by atoms with Crippen molar-refractivity contribution in [2.75, 3.05) is 7.11 Å². The molecular weight excluding hydrogens is 388 g/mol. The van der Waals surface area contributed by atoms with Crippen molar-refractivity contribution in [2.45, 2.75) is 19.4 Å². The van der Waals surface area contributed by atoms with E-state index in [1.807, 2.05) is 30.3 Å². The lowest BCUT2D eigenvalue weighted by atomic mass is 10.0. The largest absolute Gasteiger partial charge is 0.457 e. The van der Waals surface area contributed by atoms with Crippen LogP contribution in [0.1, 0.15) is 28.9 Å². The molecule has 1 aliphatic rings.